The Hall–Kier alpha value is -1.20. The fourth-order valence-corrected chi connectivity index (χ4v) is 2.45. The number of carbonyl (C=O) groups excluding carboxylic acids is 1. The molecule has 3 nitrogen and oxygen atoms in total. The Bertz CT molecular complexity index is 524. The van der Waals surface area contributed by atoms with Crippen molar-refractivity contribution in [3.8, 4) is 0 Å². The average Bonchev–Trinajstić information content (AvgIpc) is 2.77. The molecule has 0 saturated carbocycles. The first-order chi connectivity index (χ1) is 8.86. The summed E-state index contributed by atoms with van der Waals surface area (Å²) in [5.74, 6) is -2.52. The van der Waals surface area contributed by atoms with Gasteiger partial charge in [-0.15, -0.1) is 0 Å². The van der Waals surface area contributed by atoms with Crippen LogP contribution in [0.5, 0.6) is 0 Å². The minimum absolute atomic E-state index is 0.0122. The molecule has 6 heteroatoms. The highest BCUT2D eigenvalue weighted by atomic mass is 35.5. The fraction of sp³-hybridized carbons (Fsp3) is 0.462. The number of carbonyl (C=O) groups is 1. The summed E-state index contributed by atoms with van der Waals surface area (Å²) in [5.41, 5.74) is 5.53. The Labute approximate surface area is 115 Å². The molecule has 1 saturated heterocycles. The zero-order valence-corrected chi connectivity index (χ0v) is 11.3. The van der Waals surface area contributed by atoms with Gasteiger partial charge in [0.15, 0.2) is 11.6 Å². The van der Waals surface area contributed by atoms with Crippen molar-refractivity contribution < 1.29 is 13.6 Å². The number of amides is 1. The quantitative estimate of drug-likeness (QED) is 0.850. The number of likely N-dealkylation sites (tertiary alicyclic amines) is 1. The summed E-state index contributed by atoms with van der Waals surface area (Å²) in [4.78, 5) is 13.8. The normalized spacial score (nSPS) is 22.9. The van der Waals surface area contributed by atoms with Gasteiger partial charge >= 0.3 is 0 Å². The Morgan fingerprint density at radius 3 is 2.68 bits per heavy atom. The molecule has 1 aliphatic heterocycles. The second-order valence-electron chi connectivity index (χ2n) is 5.24. The van der Waals surface area contributed by atoms with E-state index < -0.39 is 11.6 Å². The van der Waals surface area contributed by atoms with Crippen LogP contribution in [-0.4, -0.2) is 30.4 Å². The summed E-state index contributed by atoms with van der Waals surface area (Å²) in [5, 5.41) is -0.0785. The van der Waals surface area contributed by atoms with E-state index in [2.05, 4.69) is 0 Å². The summed E-state index contributed by atoms with van der Waals surface area (Å²) in [6.07, 6.45) is 0.788. The van der Waals surface area contributed by atoms with E-state index in [-0.39, 0.29) is 21.9 Å². The maximum Gasteiger partial charge on any atom is 0.255 e. The molecule has 1 amide bonds. The van der Waals surface area contributed by atoms with Gasteiger partial charge in [-0.05, 0) is 30.5 Å². The topological polar surface area (TPSA) is 46.3 Å². The summed E-state index contributed by atoms with van der Waals surface area (Å²) in [6, 6.07) is 1.67. The van der Waals surface area contributed by atoms with Gasteiger partial charge in [0.2, 0.25) is 0 Å². The van der Waals surface area contributed by atoms with E-state index in [0.717, 1.165) is 18.6 Å². The molecule has 1 heterocycles. The second-order valence-corrected chi connectivity index (χ2v) is 5.64. The van der Waals surface area contributed by atoms with Crippen molar-refractivity contribution in [1.29, 1.82) is 0 Å². The van der Waals surface area contributed by atoms with E-state index >= 15 is 0 Å². The molecule has 104 valence electrons. The maximum atomic E-state index is 13.2. The lowest BCUT2D eigenvalue weighted by Crippen LogP contribution is -2.34. The molecule has 0 bridgehead atoms. The SMILES string of the molecule is CC1(CN)CCN(C(=O)c2cc(F)c(F)cc2Cl)C1. The Morgan fingerprint density at radius 1 is 1.47 bits per heavy atom. The van der Waals surface area contributed by atoms with Crippen LogP contribution < -0.4 is 5.73 Å². The van der Waals surface area contributed by atoms with Crippen molar-refractivity contribution in [3.05, 3.63) is 34.4 Å². The first kappa shape index (κ1) is 14.2. The molecule has 1 unspecified atom stereocenters. The molecule has 2 rings (SSSR count). The summed E-state index contributed by atoms with van der Waals surface area (Å²) < 4.78 is 26.2. The Morgan fingerprint density at radius 2 is 2.11 bits per heavy atom. The highest BCUT2D eigenvalue weighted by molar-refractivity contribution is 6.33. The van der Waals surface area contributed by atoms with Gasteiger partial charge in [-0.2, -0.15) is 0 Å². The van der Waals surface area contributed by atoms with Gasteiger partial charge in [0.25, 0.3) is 5.91 Å². The highest BCUT2D eigenvalue weighted by Crippen LogP contribution is 2.31. The third-order valence-corrected chi connectivity index (χ3v) is 3.89. The standard InChI is InChI=1S/C13H15ClF2N2O/c1-13(6-17)2-3-18(7-13)12(19)8-4-10(15)11(16)5-9(8)14/h4-5H,2-3,6-7,17H2,1H3. The average molecular weight is 289 g/mol. The molecule has 0 radical (unpaired) electrons. The van der Waals surface area contributed by atoms with Crippen molar-refractivity contribution >= 4 is 17.5 Å². The van der Waals surface area contributed by atoms with E-state index in [1.807, 2.05) is 6.92 Å². The van der Waals surface area contributed by atoms with Crippen molar-refractivity contribution in [2.75, 3.05) is 19.6 Å². The monoisotopic (exact) mass is 288 g/mol. The molecule has 1 atom stereocenters. The van der Waals surface area contributed by atoms with Gasteiger partial charge in [-0.3, -0.25) is 4.79 Å². The number of benzene rings is 1. The molecule has 1 aromatic carbocycles. The van der Waals surface area contributed by atoms with Crippen molar-refractivity contribution in [3.63, 3.8) is 0 Å². The van der Waals surface area contributed by atoms with Gasteiger partial charge in [0, 0.05) is 13.1 Å². The minimum atomic E-state index is -1.08. The van der Waals surface area contributed by atoms with Gasteiger partial charge in [0.1, 0.15) is 0 Å². The molecule has 2 N–H and O–H groups in total. The van der Waals surface area contributed by atoms with Crippen molar-refractivity contribution in [2.45, 2.75) is 13.3 Å². The predicted molar refractivity (Wildman–Crippen MR) is 69.0 cm³/mol. The first-order valence-electron chi connectivity index (χ1n) is 6.00. The maximum absolute atomic E-state index is 13.2. The smallest absolute Gasteiger partial charge is 0.255 e. The number of hydrogen-bond donors (Lipinski definition) is 1. The van der Waals surface area contributed by atoms with Crippen LogP contribution in [0, 0.1) is 17.0 Å². The van der Waals surface area contributed by atoms with E-state index in [1.165, 1.54) is 0 Å². The second kappa shape index (κ2) is 5.06. The third-order valence-electron chi connectivity index (χ3n) is 3.58. The highest BCUT2D eigenvalue weighted by Gasteiger charge is 2.35. The number of nitrogens with zero attached hydrogens (tertiary/aromatic N) is 1. The molecule has 1 aromatic rings. The Kier molecular flexibility index (Phi) is 3.78. The lowest BCUT2D eigenvalue weighted by Gasteiger charge is -2.22. The molecular weight excluding hydrogens is 274 g/mol. The van der Waals surface area contributed by atoms with E-state index in [1.54, 1.807) is 4.90 Å². The van der Waals surface area contributed by atoms with Crippen molar-refractivity contribution in [2.24, 2.45) is 11.1 Å². The first-order valence-corrected chi connectivity index (χ1v) is 6.38. The lowest BCUT2D eigenvalue weighted by molar-refractivity contribution is 0.0776. The number of halogens is 3. The van der Waals surface area contributed by atoms with Gasteiger partial charge in [0.05, 0.1) is 10.6 Å². The largest absolute Gasteiger partial charge is 0.338 e. The van der Waals surface area contributed by atoms with Crippen LogP contribution in [0.4, 0.5) is 8.78 Å². The zero-order chi connectivity index (χ0) is 14.2. The lowest BCUT2D eigenvalue weighted by atomic mass is 9.90. The zero-order valence-electron chi connectivity index (χ0n) is 10.5. The number of rotatable bonds is 2. The fourth-order valence-electron chi connectivity index (χ4n) is 2.22. The summed E-state index contributed by atoms with van der Waals surface area (Å²) in [7, 11) is 0. The van der Waals surface area contributed by atoms with Crippen LogP contribution in [0.3, 0.4) is 0 Å². The van der Waals surface area contributed by atoms with E-state index in [4.69, 9.17) is 17.3 Å². The van der Waals surface area contributed by atoms with Gasteiger partial charge in [-0.1, -0.05) is 18.5 Å². The van der Waals surface area contributed by atoms with Gasteiger partial charge < -0.3 is 10.6 Å². The van der Waals surface area contributed by atoms with Crippen LogP contribution >= 0.6 is 11.6 Å². The molecule has 0 spiro atoms. The molecule has 0 aromatic heterocycles. The van der Waals surface area contributed by atoms with E-state index in [9.17, 15) is 13.6 Å². The minimum Gasteiger partial charge on any atom is -0.338 e. The summed E-state index contributed by atoms with van der Waals surface area (Å²) in [6.45, 7) is 3.51. The number of hydrogen-bond acceptors (Lipinski definition) is 2. The summed E-state index contributed by atoms with van der Waals surface area (Å²) >= 11 is 5.80. The predicted octanol–water partition coefficient (Wildman–Crippen LogP) is 2.43. The van der Waals surface area contributed by atoms with E-state index in [0.29, 0.717) is 19.6 Å². The molecule has 0 aliphatic carbocycles. The van der Waals surface area contributed by atoms with Gasteiger partial charge in [-0.25, -0.2) is 8.78 Å². The molecule has 1 fully saturated rings. The van der Waals surface area contributed by atoms with Crippen LogP contribution in [0.25, 0.3) is 0 Å². The van der Waals surface area contributed by atoms with Crippen LogP contribution in [-0.2, 0) is 0 Å². The Balaban J connectivity index is 2.24. The van der Waals surface area contributed by atoms with Crippen molar-refractivity contribution in [1.82, 2.24) is 4.90 Å². The molecule has 19 heavy (non-hydrogen) atoms. The molecular formula is C13H15ClF2N2O. The number of nitrogens with two attached hydrogens (primary N) is 1. The van der Waals surface area contributed by atoms with Crippen LogP contribution in [0.2, 0.25) is 5.02 Å². The molecule has 1 aliphatic rings. The third kappa shape index (κ3) is 2.72. The van der Waals surface area contributed by atoms with Crippen LogP contribution in [0.15, 0.2) is 12.1 Å². The van der Waals surface area contributed by atoms with Crippen LogP contribution in [0.1, 0.15) is 23.7 Å².